The summed E-state index contributed by atoms with van der Waals surface area (Å²) in [5.74, 6) is -1.56. The van der Waals surface area contributed by atoms with Gasteiger partial charge in [0, 0.05) is 4.47 Å². The highest BCUT2D eigenvalue weighted by atomic mass is 79.9. The fourth-order valence-corrected chi connectivity index (χ4v) is 4.64. The number of rotatable bonds is 6. The molecule has 0 radical (unpaired) electrons. The lowest BCUT2D eigenvalue weighted by Crippen LogP contribution is -2.45. The third kappa shape index (κ3) is 3.94. The minimum Gasteiger partial charge on any atom is -0.480 e. The second-order valence-electron chi connectivity index (χ2n) is 4.37. The zero-order valence-corrected chi connectivity index (χ0v) is 14.1. The van der Waals surface area contributed by atoms with Crippen molar-refractivity contribution in [3.05, 3.63) is 27.7 Å². The number of nitrogens with one attached hydrogen (secondary N) is 1. The van der Waals surface area contributed by atoms with Crippen molar-refractivity contribution in [3.63, 3.8) is 0 Å². The van der Waals surface area contributed by atoms with E-state index in [-0.39, 0.29) is 20.3 Å². The number of aliphatic carboxylic acids is 1. The maximum Gasteiger partial charge on any atom is 0.322 e. The first kappa shape index (κ1) is 17.4. The Morgan fingerprint density at radius 3 is 2.55 bits per heavy atom. The van der Waals surface area contributed by atoms with E-state index >= 15 is 0 Å². The molecule has 1 rings (SSSR count). The van der Waals surface area contributed by atoms with E-state index in [1.165, 1.54) is 12.1 Å². The average Bonchev–Trinajstić information content (AvgIpc) is 2.34. The molecule has 0 aliphatic rings. The zero-order valence-electron chi connectivity index (χ0n) is 10.9. The number of halogens is 2. The molecule has 0 fully saturated rings. The van der Waals surface area contributed by atoms with Gasteiger partial charge in [0.25, 0.3) is 0 Å². The van der Waals surface area contributed by atoms with Gasteiger partial charge in [0.05, 0.1) is 5.02 Å². The smallest absolute Gasteiger partial charge is 0.322 e. The normalized spacial score (nSPS) is 14.8. The van der Waals surface area contributed by atoms with Crippen LogP contribution >= 0.6 is 27.5 Å². The molecule has 112 valence electrons. The van der Waals surface area contributed by atoms with E-state index in [4.69, 9.17) is 16.7 Å². The predicted molar refractivity (Wildman–Crippen MR) is 80.4 cm³/mol. The van der Waals surface area contributed by atoms with Gasteiger partial charge in [0.2, 0.25) is 10.0 Å². The summed E-state index contributed by atoms with van der Waals surface area (Å²) in [5.41, 5.74) is 0. The van der Waals surface area contributed by atoms with Crippen molar-refractivity contribution in [3.8, 4) is 0 Å². The summed E-state index contributed by atoms with van der Waals surface area (Å²) in [5, 5.41) is 9.18. The van der Waals surface area contributed by atoms with E-state index in [1.54, 1.807) is 19.9 Å². The van der Waals surface area contributed by atoms with Crippen molar-refractivity contribution in [2.45, 2.75) is 31.2 Å². The summed E-state index contributed by atoms with van der Waals surface area (Å²) in [4.78, 5) is 11.1. The molecule has 20 heavy (non-hydrogen) atoms. The Hall–Kier alpha value is -0.630. The molecule has 2 N–H and O–H groups in total. The third-order valence-corrected chi connectivity index (χ3v) is 5.84. The van der Waals surface area contributed by atoms with Crippen molar-refractivity contribution >= 4 is 43.5 Å². The van der Waals surface area contributed by atoms with Gasteiger partial charge in [-0.15, -0.1) is 0 Å². The lowest BCUT2D eigenvalue weighted by molar-refractivity contribution is -0.140. The molecule has 0 aromatic heterocycles. The first-order chi connectivity index (χ1) is 9.20. The zero-order chi connectivity index (χ0) is 15.5. The van der Waals surface area contributed by atoms with Crippen LogP contribution in [0.15, 0.2) is 27.6 Å². The molecule has 5 nitrogen and oxygen atoms in total. The van der Waals surface area contributed by atoms with Crippen LogP contribution in [-0.4, -0.2) is 25.5 Å². The molecule has 0 spiro atoms. The van der Waals surface area contributed by atoms with Gasteiger partial charge in [-0.25, -0.2) is 8.42 Å². The molecule has 0 saturated heterocycles. The number of carboxylic acids is 1. The van der Waals surface area contributed by atoms with Gasteiger partial charge in [-0.1, -0.05) is 37.9 Å². The van der Waals surface area contributed by atoms with Crippen molar-refractivity contribution in [1.29, 1.82) is 0 Å². The Morgan fingerprint density at radius 1 is 1.50 bits per heavy atom. The van der Waals surface area contributed by atoms with Gasteiger partial charge in [0.1, 0.15) is 10.9 Å². The molecular formula is C12H15BrClNO4S. The lowest BCUT2D eigenvalue weighted by Gasteiger charge is -2.20. The van der Waals surface area contributed by atoms with Crippen LogP contribution in [0.1, 0.15) is 20.3 Å². The predicted octanol–water partition coefficient (Wildman–Crippen LogP) is 2.88. The molecule has 0 aliphatic carbocycles. The molecule has 0 bridgehead atoms. The molecule has 0 saturated carbocycles. The van der Waals surface area contributed by atoms with Crippen LogP contribution in [0, 0.1) is 5.92 Å². The summed E-state index contributed by atoms with van der Waals surface area (Å²) in [7, 11) is -4.03. The Bertz CT molecular complexity index is 585. The molecule has 1 aromatic rings. The molecule has 0 amide bonds. The highest BCUT2D eigenvalue weighted by Gasteiger charge is 2.31. The first-order valence-corrected chi connectivity index (χ1v) is 8.55. The molecule has 2 atom stereocenters. The largest absolute Gasteiger partial charge is 0.480 e. The molecule has 0 heterocycles. The standard InChI is InChI=1S/C12H15BrClNO4S/c1-3-7(2)10(12(16)17)15-20(18,19)11-8(13)5-4-6-9(11)14/h4-7,10,15H,3H2,1-2H3,(H,16,17)/t7-,10-/m0/s1. The fourth-order valence-electron chi connectivity index (χ4n) is 1.61. The first-order valence-electron chi connectivity index (χ1n) is 5.89. The summed E-state index contributed by atoms with van der Waals surface area (Å²) in [6.07, 6.45) is 0.531. The molecule has 0 unspecified atom stereocenters. The highest BCUT2D eigenvalue weighted by Crippen LogP contribution is 2.29. The van der Waals surface area contributed by atoms with Crippen molar-refractivity contribution in [2.24, 2.45) is 5.92 Å². The average molecular weight is 385 g/mol. The van der Waals surface area contributed by atoms with Gasteiger partial charge in [-0.05, 0) is 34.0 Å². The van der Waals surface area contributed by atoms with Gasteiger partial charge in [-0.3, -0.25) is 4.79 Å². The number of carboxylic acid groups (broad SMARTS) is 1. The lowest BCUT2D eigenvalue weighted by atomic mass is 10.0. The van der Waals surface area contributed by atoms with Crippen LogP contribution in [0.3, 0.4) is 0 Å². The summed E-state index contributed by atoms with van der Waals surface area (Å²) < 4.78 is 27.1. The molecule has 8 heteroatoms. The maximum absolute atomic E-state index is 12.3. The van der Waals surface area contributed by atoms with Crippen molar-refractivity contribution in [1.82, 2.24) is 4.72 Å². The number of hydrogen-bond acceptors (Lipinski definition) is 3. The van der Waals surface area contributed by atoms with Crippen molar-refractivity contribution in [2.75, 3.05) is 0 Å². The van der Waals surface area contributed by atoms with E-state index in [2.05, 4.69) is 20.7 Å². The van der Waals surface area contributed by atoms with E-state index in [0.29, 0.717) is 6.42 Å². The number of carbonyl (C=O) groups is 1. The fraction of sp³-hybridized carbons (Fsp3) is 0.417. The minimum absolute atomic E-state index is 0.0279. The van der Waals surface area contributed by atoms with Crippen LogP contribution in [0.5, 0.6) is 0 Å². The minimum atomic E-state index is -4.03. The maximum atomic E-state index is 12.3. The quantitative estimate of drug-likeness (QED) is 0.790. The van der Waals surface area contributed by atoms with Crippen LogP contribution in [0.25, 0.3) is 0 Å². The topological polar surface area (TPSA) is 83.5 Å². The highest BCUT2D eigenvalue weighted by molar-refractivity contribution is 9.10. The van der Waals surface area contributed by atoms with E-state index < -0.39 is 22.0 Å². The summed E-state index contributed by atoms with van der Waals surface area (Å²) >= 11 is 9.01. The molecule has 0 aliphatic heterocycles. The summed E-state index contributed by atoms with van der Waals surface area (Å²) in [6.45, 7) is 3.46. The van der Waals surface area contributed by atoms with Gasteiger partial charge < -0.3 is 5.11 Å². The van der Waals surface area contributed by atoms with Gasteiger partial charge >= 0.3 is 5.97 Å². The summed E-state index contributed by atoms with van der Waals surface area (Å²) in [6, 6.07) is 3.35. The Morgan fingerprint density at radius 2 is 2.10 bits per heavy atom. The number of benzene rings is 1. The Labute approximate surface area is 131 Å². The van der Waals surface area contributed by atoms with E-state index in [0.717, 1.165) is 0 Å². The van der Waals surface area contributed by atoms with Crippen LogP contribution < -0.4 is 4.72 Å². The Balaban J connectivity index is 3.20. The number of sulfonamides is 1. The van der Waals surface area contributed by atoms with Gasteiger partial charge in [0.15, 0.2) is 0 Å². The van der Waals surface area contributed by atoms with Crippen LogP contribution in [0.4, 0.5) is 0 Å². The van der Waals surface area contributed by atoms with E-state index in [1.807, 2.05) is 0 Å². The second kappa shape index (κ2) is 6.89. The third-order valence-electron chi connectivity index (χ3n) is 2.95. The SMILES string of the molecule is CC[C@H](C)[C@H](NS(=O)(=O)c1c(Cl)cccc1Br)C(=O)O. The second-order valence-corrected chi connectivity index (χ2v) is 7.29. The van der Waals surface area contributed by atoms with Crippen molar-refractivity contribution < 1.29 is 18.3 Å². The Kier molecular flexibility index (Phi) is 6.00. The van der Waals surface area contributed by atoms with E-state index in [9.17, 15) is 13.2 Å². The van der Waals surface area contributed by atoms with Crippen LogP contribution in [-0.2, 0) is 14.8 Å². The molecule has 1 aromatic carbocycles. The van der Waals surface area contributed by atoms with Crippen LogP contribution in [0.2, 0.25) is 5.02 Å². The monoisotopic (exact) mass is 383 g/mol. The van der Waals surface area contributed by atoms with Gasteiger partial charge in [-0.2, -0.15) is 4.72 Å². The number of hydrogen-bond donors (Lipinski definition) is 2. The molecular weight excluding hydrogens is 370 g/mol.